The van der Waals surface area contributed by atoms with Crippen molar-refractivity contribution in [2.75, 3.05) is 5.32 Å². The van der Waals surface area contributed by atoms with Gasteiger partial charge in [0.1, 0.15) is 11.5 Å². The van der Waals surface area contributed by atoms with Crippen molar-refractivity contribution in [3.8, 4) is 0 Å². The summed E-state index contributed by atoms with van der Waals surface area (Å²) in [6, 6.07) is 1.71. The summed E-state index contributed by atoms with van der Waals surface area (Å²) in [7, 11) is 0. The summed E-state index contributed by atoms with van der Waals surface area (Å²) in [5, 5.41) is 13.8. The molecule has 8 nitrogen and oxygen atoms in total. The Hall–Kier alpha value is -2.35. The van der Waals surface area contributed by atoms with Crippen LogP contribution in [0, 0.1) is 24.0 Å². The SMILES string of the molecule is Cc1nccc(CNc2nc(Cl)nc(C)c2[N+](=O)[O-])n1. The van der Waals surface area contributed by atoms with Crippen LogP contribution in [0.5, 0.6) is 0 Å². The molecule has 1 N–H and O–H groups in total. The van der Waals surface area contributed by atoms with Crippen molar-refractivity contribution in [3.05, 3.63) is 44.9 Å². The molecule has 20 heavy (non-hydrogen) atoms. The molecular weight excluding hydrogens is 284 g/mol. The molecule has 0 aliphatic rings. The van der Waals surface area contributed by atoms with Crippen LogP contribution in [0.25, 0.3) is 0 Å². The third-order valence-corrected chi connectivity index (χ3v) is 2.65. The van der Waals surface area contributed by atoms with Gasteiger partial charge in [0.15, 0.2) is 0 Å². The van der Waals surface area contributed by atoms with Crippen molar-refractivity contribution in [3.63, 3.8) is 0 Å². The van der Waals surface area contributed by atoms with Crippen LogP contribution in [0.15, 0.2) is 12.3 Å². The quantitative estimate of drug-likeness (QED) is 0.522. The normalized spacial score (nSPS) is 10.3. The highest BCUT2D eigenvalue weighted by Crippen LogP contribution is 2.26. The number of hydrogen-bond acceptors (Lipinski definition) is 7. The molecule has 2 heterocycles. The smallest absolute Gasteiger partial charge is 0.332 e. The first-order chi connectivity index (χ1) is 9.47. The molecular formula is C11H11ClN6O2. The number of nitrogens with zero attached hydrogens (tertiary/aromatic N) is 5. The van der Waals surface area contributed by atoms with Gasteiger partial charge in [-0.25, -0.2) is 15.0 Å². The van der Waals surface area contributed by atoms with E-state index in [1.165, 1.54) is 6.92 Å². The van der Waals surface area contributed by atoms with Crippen molar-refractivity contribution in [1.29, 1.82) is 0 Å². The van der Waals surface area contributed by atoms with E-state index < -0.39 is 4.92 Å². The molecule has 0 bridgehead atoms. The van der Waals surface area contributed by atoms with Gasteiger partial charge in [-0.1, -0.05) is 0 Å². The van der Waals surface area contributed by atoms with Gasteiger partial charge < -0.3 is 5.32 Å². The maximum absolute atomic E-state index is 11.0. The van der Waals surface area contributed by atoms with Crippen LogP contribution in [-0.4, -0.2) is 24.9 Å². The average molecular weight is 295 g/mol. The topological polar surface area (TPSA) is 107 Å². The van der Waals surface area contributed by atoms with Crippen LogP contribution in [0.2, 0.25) is 5.28 Å². The van der Waals surface area contributed by atoms with Crippen LogP contribution >= 0.6 is 11.6 Å². The summed E-state index contributed by atoms with van der Waals surface area (Å²) in [5.41, 5.74) is 0.704. The van der Waals surface area contributed by atoms with E-state index in [4.69, 9.17) is 11.6 Å². The largest absolute Gasteiger partial charge is 0.359 e. The molecule has 0 saturated carbocycles. The first-order valence-electron chi connectivity index (χ1n) is 5.68. The highest BCUT2D eigenvalue weighted by Gasteiger charge is 2.21. The number of aryl methyl sites for hydroxylation is 2. The van der Waals surface area contributed by atoms with Gasteiger partial charge in [0.05, 0.1) is 17.2 Å². The van der Waals surface area contributed by atoms with E-state index in [1.807, 2.05) is 0 Å². The van der Waals surface area contributed by atoms with Gasteiger partial charge in [0, 0.05) is 6.20 Å². The van der Waals surface area contributed by atoms with Crippen LogP contribution in [0.4, 0.5) is 11.5 Å². The molecule has 104 valence electrons. The number of nitro groups is 1. The summed E-state index contributed by atoms with van der Waals surface area (Å²) in [5.74, 6) is 0.694. The molecule has 0 unspecified atom stereocenters. The fraction of sp³-hybridized carbons (Fsp3) is 0.273. The standard InChI is InChI=1S/C11H11ClN6O2/c1-6-9(18(19)20)10(17-11(12)15-6)14-5-8-3-4-13-7(2)16-8/h3-4H,5H2,1-2H3,(H,14,15,17). The fourth-order valence-corrected chi connectivity index (χ4v) is 1.86. The summed E-state index contributed by atoms with van der Waals surface area (Å²) in [4.78, 5) is 26.3. The second-order valence-corrected chi connectivity index (χ2v) is 4.32. The second-order valence-electron chi connectivity index (χ2n) is 3.98. The van der Waals surface area contributed by atoms with E-state index in [0.29, 0.717) is 11.5 Å². The Kier molecular flexibility index (Phi) is 4.04. The molecule has 0 amide bonds. The van der Waals surface area contributed by atoms with E-state index in [0.717, 1.165) is 0 Å². The third-order valence-electron chi connectivity index (χ3n) is 2.48. The Morgan fingerprint density at radius 2 is 2.10 bits per heavy atom. The summed E-state index contributed by atoms with van der Waals surface area (Å²) in [6.45, 7) is 3.54. The van der Waals surface area contributed by atoms with Crippen LogP contribution in [0.1, 0.15) is 17.2 Å². The van der Waals surface area contributed by atoms with Gasteiger partial charge in [0.25, 0.3) is 0 Å². The molecule has 0 aliphatic heterocycles. The zero-order chi connectivity index (χ0) is 14.7. The lowest BCUT2D eigenvalue weighted by atomic mass is 10.3. The second kappa shape index (κ2) is 5.74. The Balaban J connectivity index is 2.27. The zero-order valence-electron chi connectivity index (χ0n) is 10.8. The average Bonchev–Trinajstić information content (AvgIpc) is 2.35. The maximum Gasteiger partial charge on any atom is 0.332 e. The molecule has 0 radical (unpaired) electrons. The van der Waals surface area contributed by atoms with E-state index in [-0.39, 0.29) is 29.0 Å². The number of aromatic nitrogens is 4. The van der Waals surface area contributed by atoms with Gasteiger partial charge in [0.2, 0.25) is 11.1 Å². The Morgan fingerprint density at radius 1 is 1.35 bits per heavy atom. The van der Waals surface area contributed by atoms with Crippen LogP contribution < -0.4 is 5.32 Å². The van der Waals surface area contributed by atoms with E-state index in [1.54, 1.807) is 19.2 Å². The lowest BCUT2D eigenvalue weighted by Crippen LogP contribution is -2.09. The monoisotopic (exact) mass is 294 g/mol. The molecule has 0 fully saturated rings. The molecule has 0 saturated heterocycles. The Labute approximate surface area is 119 Å². The fourth-order valence-electron chi connectivity index (χ4n) is 1.65. The van der Waals surface area contributed by atoms with Gasteiger partial charge in [-0.15, -0.1) is 0 Å². The lowest BCUT2D eigenvalue weighted by molar-refractivity contribution is -0.385. The summed E-state index contributed by atoms with van der Waals surface area (Å²) in [6.07, 6.45) is 1.62. The predicted molar refractivity (Wildman–Crippen MR) is 72.5 cm³/mol. The Bertz CT molecular complexity index is 663. The number of hydrogen-bond donors (Lipinski definition) is 1. The Morgan fingerprint density at radius 3 is 2.75 bits per heavy atom. The highest BCUT2D eigenvalue weighted by atomic mass is 35.5. The van der Waals surface area contributed by atoms with Crippen LogP contribution in [-0.2, 0) is 6.54 Å². The first kappa shape index (κ1) is 14.1. The highest BCUT2D eigenvalue weighted by molar-refractivity contribution is 6.28. The van der Waals surface area contributed by atoms with Crippen molar-refractivity contribution in [2.24, 2.45) is 0 Å². The van der Waals surface area contributed by atoms with Crippen molar-refractivity contribution in [2.45, 2.75) is 20.4 Å². The van der Waals surface area contributed by atoms with Gasteiger partial charge in [-0.05, 0) is 31.5 Å². The molecule has 0 spiro atoms. The van der Waals surface area contributed by atoms with E-state index in [9.17, 15) is 10.1 Å². The third kappa shape index (κ3) is 3.15. The zero-order valence-corrected chi connectivity index (χ0v) is 11.5. The molecule has 0 aliphatic carbocycles. The number of halogens is 1. The lowest BCUT2D eigenvalue weighted by Gasteiger charge is -2.07. The number of rotatable bonds is 4. The molecule has 0 atom stereocenters. The van der Waals surface area contributed by atoms with Crippen molar-refractivity contribution < 1.29 is 4.92 Å². The summed E-state index contributed by atoms with van der Waals surface area (Å²) < 4.78 is 0. The van der Waals surface area contributed by atoms with Gasteiger partial charge in [-0.3, -0.25) is 10.1 Å². The minimum atomic E-state index is -0.542. The van der Waals surface area contributed by atoms with Crippen molar-refractivity contribution in [1.82, 2.24) is 19.9 Å². The molecule has 9 heteroatoms. The van der Waals surface area contributed by atoms with Gasteiger partial charge >= 0.3 is 5.69 Å². The minimum absolute atomic E-state index is 0.0468. The molecule has 2 aromatic heterocycles. The summed E-state index contributed by atoms with van der Waals surface area (Å²) >= 11 is 5.72. The first-order valence-corrected chi connectivity index (χ1v) is 6.06. The molecule has 2 aromatic rings. The molecule has 2 rings (SSSR count). The van der Waals surface area contributed by atoms with Gasteiger partial charge in [-0.2, -0.15) is 4.98 Å². The van der Waals surface area contributed by atoms with Crippen molar-refractivity contribution >= 4 is 23.1 Å². The van der Waals surface area contributed by atoms with E-state index in [2.05, 4.69) is 25.3 Å². The number of anilines is 1. The maximum atomic E-state index is 11.0. The minimum Gasteiger partial charge on any atom is -0.359 e. The number of nitrogens with one attached hydrogen (secondary N) is 1. The van der Waals surface area contributed by atoms with E-state index >= 15 is 0 Å². The van der Waals surface area contributed by atoms with Crippen LogP contribution in [0.3, 0.4) is 0 Å². The predicted octanol–water partition coefficient (Wildman–Crippen LogP) is 2.06. The molecule has 0 aromatic carbocycles.